The first-order valence-corrected chi connectivity index (χ1v) is 25.2. The van der Waals surface area contributed by atoms with E-state index < -0.39 is 0 Å². The van der Waals surface area contributed by atoms with Crippen LogP contribution in [0.3, 0.4) is 0 Å². The molecule has 0 aliphatic carbocycles. The molecule has 69 heavy (non-hydrogen) atoms. The maximum Gasteiger partial charge on any atom is 0.251 e. The van der Waals surface area contributed by atoms with Crippen molar-refractivity contribution in [2.45, 2.75) is 69.1 Å². The minimum Gasteiger partial charge on any atom is -0.458 e. The van der Waals surface area contributed by atoms with Crippen LogP contribution in [0.5, 0.6) is 23.0 Å². The Balaban J connectivity index is 0.971. The summed E-state index contributed by atoms with van der Waals surface area (Å²) in [5.41, 5.74) is 19.3. The van der Waals surface area contributed by atoms with Gasteiger partial charge in [0.05, 0.1) is 22.7 Å². The van der Waals surface area contributed by atoms with E-state index in [0.717, 1.165) is 56.9 Å². The fraction of sp³-hybridized carbons (Fsp3) is 0.143. The van der Waals surface area contributed by atoms with Crippen LogP contribution in [-0.4, -0.2) is 6.71 Å². The van der Waals surface area contributed by atoms with E-state index in [1.54, 1.807) is 0 Å². The standard InChI is InChI=1S/C63H53BN2O2S/c1-39(2)46-35-49(40(3)4)63(50(36-46)41(5)6)64-51-37-44(42-23-29-47(30-24-42)65-53-15-7-11-19-59(53)68-60-20-12-8-16-54(60)65)27-33-57(51)67-58-34-28-45(38-52(58)64)43-25-31-48(32-26-43)66-55-17-9-13-21-61(55)69-62-22-14-10-18-56(62)66/h7-41H,1-6H3. The molecule has 0 bridgehead atoms. The zero-order valence-electron chi connectivity index (χ0n) is 39.9. The van der Waals surface area contributed by atoms with Crippen LogP contribution in [-0.2, 0) is 0 Å². The molecule has 0 amide bonds. The monoisotopic (exact) mass is 912 g/mol. The van der Waals surface area contributed by atoms with Crippen LogP contribution in [0.1, 0.15) is 76.0 Å². The molecule has 0 unspecified atom stereocenters. The summed E-state index contributed by atoms with van der Waals surface area (Å²) >= 11 is 1.84. The highest BCUT2D eigenvalue weighted by molar-refractivity contribution is 7.99. The Morgan fingerprint density at radius 3 is 1.22 bits per heavy atom. The first kappa shape index (κ1) is 42.9. The topological polar surface area (TPSA) is 24.9 Å². The minimum absolute atomic E-state index is 0.0570. The van der Waals surface area contributed by atoms with Gasteiger partial charge in [0.25, 0.3) is 6.71 Å². The van der Waals surface area contributed by atoms with Crippen molar-refractivity contribution < 1.29 is 9.47 Å². The molecule has 0 atom stereocenters. The maximum absolute atomic E-state index is 6.98. The molecule has 3 aliphatic heterocycles. The summed E-state index contributed by atoms with van der Waals surface area (Å²) in [4.78, 5) is 7.21. The summed E-state index contributed by atoms with van der Waals surface area (Å²) in [6.45, 7) is 14.0. The van der Waals surface area contributed by atoms with E-state index in [2.05, 4.69) is 221 Å². The second-order valence-corrected chi connectivity index (χ2v) is 20.5. The number of anilines is 6. The van der Waals surface area contributed by atoms with Crippen LogP contribution in [0.25, 0.3) is 22.3 Å². The van der Waals surface area contributed by atoms with Gasteiger partial charge in [-0.25, -0.2) is 0 Å². The lowest BCUT2D eigenvalue weighted by Gasteiger charge is -2.33. The van der Waals surface area contributed by atoms with Gasteiger partial charge in [-0.3, -0.25) is 0 Å². The lowest BCUT2D eigenvalue weighted by Crippen LogP contribution is -2.57. The molecule has 0 N–H and O–H groups in total. The first-order chi connectivity index (χ1) is 33.7. The number of hydrogen-bond donors (Lipinski definition) is 0. The minimum atomic E-state index is -0.0570. The molecule has 4 nitrogen and oxygen atoms in total. The van der Waals surface area contributed by atoms with Crippen molar-refractivity contribution in [2.75, 3.05) is 9.80 Å². The summed E-state index contributed by atoms with van der Waals surface area (Å²) < 4.78 is 13.3. The van der Waals surface area contributed by atoms with Gasteiger partial charge < -0.3 is 19.3 Å². The van der Waals surface area contributed by atoms with E-state index in [1.807, 2.05) is 36.0 Å². The van der Waals surface area contributed by atoms with E-state index in [4.69, 9.17) is 9.47 Å². The van der Waals surface area contributed by atoms with Crippen molar-refractivity contribution in [3.05, 3.63) is 211 Å². The van der Waals surface area contributed by atoms with Crippen LogP contribution in [0.4, 0.5) is 34.1 Å². The molecule has 0 saturated heterocycles. The molecule has 0 saturated carbocycles. The first-order valence-electron chi connectivity index (χ1n) is 24.3. The average Bonchev–Trinajstić information content (AvgIpc) is 3.38. The molecule has 0 aromatic heterocycles. The molecule has 6 heteroatoms. The van der Waals surface area contributed by atoms with E-state index in [9.17, 15) is 0 Å². The van der Waals surface area contributed by atoms with Gasteiger partial charge in [-0.1, -0.05) is 168 Å². The Labute approximate surface area is 411 Å². The Hall–Kier alpha value is -7.41. The van der Waals surface area contributed by atoms with Gasteiger partial charge in [-0.2, -0.15) is 0 Å². The Morgan fingerprint density at radius 1 is 0.377 bits per heavy atom. The third-order valence-electron chi connectivity index (χ3n) is 14.1. The number of nitrogens with zero attached hydrogens (tertiary/aromatic N) is 2. The predicted octanol–water partition coefficient (Wildman–Crippen LogP) is 16.5. The molecular weight excluding hydrogens is 860 g/mol. The zero-order valence-corrected chi connectivity index (χ0v) is 40.7. The normalized spacial score (nSPS) is 13.3. The third kappa shape index (κ3) is 7.50. The van der Waals surface area contributed by atoms with Crippen molar-refractivity contribution in [1.82, 2.24) is 0 Å². The summed E-state index contributed by atoms with van der Waals surface area (Å²) in [7, 11) is 0. The highest BCUT2D eigenvalue weighted by Gasteiger charge is 2.37. The molecule has 0 radical (unpaired) electrons. The van der Waals surface area contributed by atoms with Gasteiger partial charge >= 0.3 is 0 Å². The highest BCUT2D eigenvalue weighted by atomic mass is 32.2. The van der Waals surface area contributed by atoms with Gasteiger partial charge in [-0.15, -0.1) is 0 Å². The number of benzene rings is 9. The molecule has 12 rings (SSSR count). The van der Waals surface area contributed by atoms with Crippen molar-refractivity contribution in [3.63, 3.8) is 0 Å². The fourth-order valence-electron chi connectivity index (χ4n) is 10.6. The zero-order chi connectivity index (χ0) is 46.9. The molecule has 9 aromatic rings. The molecule has 0 spiro atoms. The van der Waals surface area contributed by atoms with Gasteiger partial charge in [0.1, 0.15) is 11.5 Å². The summed E-state index contributed by atoms with van der Waals surface area (Å²) in [5, 5.41) is 0. The molecule has 3 heterocycles. The second-order valence-electron chi connectivity index (χ2n) is 19.5. The number of hydrogen-bond acceptors (Lipinski definition) is 5. The SMILES string of the molecule is CC(C)c1cc(C(C)C)c(B2c3cc(-c4ccc(N5c6ccccc6Oc6ccccc65)cc4)ccc3Oc3ccc(-c4ccc(N5c6ccccc6Sc6ccccc65)cc4)cc32)c(C(C)C)c1. The van der Waals surface area contributed by atoms with Gasteiger partial charge in [0.15, 0.2) is 11.5 Å². The van der Waals surface area contributed by atoms with E-state index in [-0.39, 0.29) is 6.71 Å². The fourth-order valence-corrected chi connectivity index (χ4v) is 11.7. The number of fused-ring (bicyclic) bond motifs is 6. The Bertz CT molecular complexity index is 3120. The third-order valence-corrected chi connectivity index (χ3v) is 15.2. The summed E-state index contributed by atoms with van der Waals surface area (Å²) in [5.74, 6) is 4.55. The Morgan fingerprint density at radius 2 is 0.768 bits per heavy atom. The molecule has 9 aromatic carbocycles. The predicted molar refractivity (Wildman–Crippen MR) is 291 cm³/mol. The van der Waals surface area contributed by atoms with Crippen LogP contribution < -0.4 is 35.7 Å². The van der Waals surface area contributed by atoms with Gasteiger partial charge in [0.2, 0.25) is 0 Å². The number of para-hydroxylation sites is 6. The smallest absolute Gasteiger partial charge is 0.251 e. The molecule has 0 fully saturated rings. The van der Waals surface area contributed by atoms with E-state index >= 15 is 0 Å². The molecule has 3 aliphatic rings. The van der Waals surface area contributed by atoms with Crippen molar-refractivity contribution in [1.29, 1.82) is 0 Å². The average molecular weight is 913 g/mol. The summed E-state index contributed by atoms with van der Waals surface area (Å²) in [6, 6.07) is 70.6. The van der Waals surface area contributed by atoms with Crippen molar-refractivity contribution in [2.24, 2.45) is 0 Å². The van der Waals surface area contributed by atoms with E-state index in [0.29, 0.717) is 17.8 Å². The van der Waals surface area contributed by atoms with Crippen LogP contribution >= 0.6 is 11.8 Å². The Kier molecular flexibility index (Phi) is 10.7. The van der Waals surface area contributed by atoms with E-state index in [1.165, 1.54) is 65.4 Å². The van der Waals surface area contributed by atoms with Crippen molar-refractivity contribution >= 4 is 69.0 Å². The largest absolute Gasteiger partial charge is 0.458 e. The maximum atomic E-state index is 6.98. The van der Waals surface area contributed by atoms with Gasteiger partial charge in [-0.05, 0) is 153 Å². The molecule has 336 valence electrons. The second kappa shape index (κ2) is 17.3. The van der Waals surface area contributed by atoms with Crippen LogP contribution in [0, 0.1) is 0 Å². The number of ether oxygens (including phenoxy) is 2. The lowest BCUT2D eigenvalue weighted by atomic mass is 9.33. The lowest BCUT2D eigenvalue weighted by molar-refractivity contribution is 0.477. The van der Waals surface area contributed by atoms with Gasteiger partial charge in [0, 0.05) is 21.2 Å². The quantitative estimate of drug-likeness (QED) is 0.141. The van der Waals surface area contributed by atoms with Crippen molar-refractivity contribution in [3.8, 4) is 45.3 Å². The highest BCUT2D eigenvalue weighted by Crippen LogP contribution is 2.52. The summed E-state index contributed by atoms with van der Waals surface area (Å²) in [6.07, 6.45) is 0. The number of rotatable bonds is 8. The molecular formula is C63H53BN2O2S. The van der Waals surface area contributed by atoms with Crippen LogP contribution in [0.2, 0.25) is 0 Å². The van der Waals surface area contributed by atoms with Crippen LogP contribution in [0.15, 0.2) is 204 Å².